The van der Waals surface area contributed by atoms with E-state index in [4.69, 9.17) is 4.74 Å². The molecule has 3 heteroatoms. The Labute approximate surface area is 110 Å². The number of aromatic nitrogens is 1. The van der Waals surface area contributed by atoms with Crippen molar-refractivity contribution in [2.75, 3.05) is 7.11 Å². The molecule has 0 bridgehead atoms. The number of aromatic amines is 1. The Morgan fingerprint density at radius 3 is 2.47 bits per heavy atom. The second kappa shape index (κ2) is 4.61. The predicted molar refractivity (Wildman–Crippen MR) is 76.6 cm³/mol. The molecule has 0 unspecified atom stereocenters. The lowest BCUT2D eigenvalue weighted by atomic mass is 10.0. The molecule has 1 aromatic heterocycles. The van der Waals surface area contributed by atoms with E-state index in [2.05, 4.69) is 4.98 Å². The van der Waals surface area contributed by atoms with Gasteiger partial charge in [0.1, 0.15) is 5.75 Å². The fourth-order valence-corrected chi connectivity index (χ4v) is 2.15. The first-order valence-electron chi connectivity index (χ1n) is 6.04. The van der Waals surface area contributed by atoms with Gasteiger partial charge in [-0.05, 0) is 29.8 Å². The maximum atomic E-state index is 12.4. The monoisotopic (exact) mass is 251 g/mol. The van der Waals surface area contributed by atoms with Gasteiger partial charge in [-0.15, -0.1) is 0 Å². The highest BCUT2D eigenvalue weighted by atomic mass is 16.5. The first-order valence-corrected chi connectivity index (χ1v) is 6.04. The van der Waals surface area contributed by atoms with Gasteiger partial charge in [-0.2, -0.15) is 0 Å². The minimum atomic E-state index is 0.0412. The molecule has 0 aliphatic carbocycles. The number of methoxy groups -OCH3 is 1. The topological polar surface area (TPSA) is 42.1 Å². The van der Waals surface area contributed by atoms with Crippen molar-refractivity contribution < 1.29 is 4.74 Å². The highest BCUT2D eigenvalue weighted by Gasteiger charge is 2.06. The summed E-state index contributed by atoms with van der Waals surface area (Å²) in [6.07, 6.45) is 1.76. The molecule has 0 saturated heterocycles. The lowest BCUT2D eigenvalue weighted by molar-refractivity contribution is 0.415. The molecule has 3 rings (SSSR count). The van der Waals surface area contributed by atoms with Gasteiger partial charge in [-0.25, -0.2) is 0 Å². The van der Waals surface area contributed by atoms with Crippen molar-refractivity contribution in [3.8, 4) is 16.9 Å². The number of pyridine rings is 1. The Morgan fingerprint density at radius 2 is 1.74 bits per heavy atom. The summed E-state index contributed by atoms with van der Waals surface area (Å²) in [5.74, 6) is 0.779. The Bertz CT molecular complexity index is 773. The summed E-state index contributed by atoms with van der Waals surface area (Å²) in [4.78, 5) is 15.6. The van der Waals surface area contributed by atoms with Crippen molar-refractivity contribution in [3.63, 3.8) is 0 Å². The van der Waals surface area contributed by atoms with E-state index in [0.717, 1.165) is 16.8 Å². The van der Waals surface area contributed by atoms with Gasteiger partial charge in [-0.3, -0.25) is 4.79 Å². The third-order valence-corrected chi connectivity index (χ3v) is 3.19. The van der Waals surface area contributed by atoms with Gasteiger partial charge in [0.05, 0.1) is 7.11 Å². The Kier molecular flexibility index (Phi) is 2.80. The molecule has 0 radical (unpaired) electrons. The first kappa shape index (κ1) is 11.5. The minimum absolute atomic E-state index is 0.0412. The molecule has 0 saturated carbocycles. The van der Waals surface area contributed by atoms with E-state index in [1.54, 1.807) is 13.3 Å². The molecule has 0 amide bonds. The van der Waals surface area contributed by atoms with Crippen LogP contribution >= 0.6 is 0 Å². The quantitative estimate of drug-likeness (QED) is 0.760. The molecular weight excluding hydrogens is 238 g/mol. The maximum Gasteiger partial charge on any atom is 0.197 e. The molecule has 1 heterocycles. The average Bonchev–Trinajstić information content (AvgIpc) is 2.48. The molecule has 0 aliphatic heterocycles. The van der Waals surface area contributed by atoms with Crippen LogP contribution in [0.3, 0.4) is 0 Å². The Morgan fingerprint density at radius 1 is 1.00 bits per heavy atom. The van der Waals surface area contributed by atoms with Crippen LogP contribution in [0.5, 0.6) is 5.75 Å². The summed E-state index contributed by atoms with van der Waals surface area (Å²) in [6, 6.07) is 15.0. The van der Waals surface area contributed by atoms with E-state index in [9.17, 15) is 4.79 Å². The zero-order valence-corrected chi connectivity index (χ0v) is 10.5. The number of hydrogen-bond donors (Lipinski definition) is 1. The zero-order valence-electron chi connectivity index (χ0n) is 10.5. The number of H-pyrrole nitrogens is 1. The largest absolute Gasteiger partial charge is 0.497 e. The third kappa shape index (κ3) is 1.99. The van der Waals surface area contributed by atoms with Crippen molar-refractivity contribution in [1.82, 2.24) is 4.98 Å². The van der Waals surface area contributed by atoms with Gasteiger partial charge in [0.2, 0.25) is 0 Å². The van der Waals surface area contributed by atoms with Crippen LogP contribution in [0.25, 0.3) is 22.0 Å². The molecule has 2 aromatic carbocycles. The number of para-hydroxylation sites is 1. The van der Waals surface area contributed by atoms with E-state index in [0.29, 0.717) is 10.9 Å². The van der Waals surface area contributed by atoms with Crippen LogP contribution in [0, 0.1) is 0 Å². The minimum Gasteiger partial charge on any atom is -0.497 e. The van der Waals surface area contributed by atoms with Crippen LogP contribution in [-0.4, -0.2) is 12.1 Å². The third-order valence-electron chi connectivity index (χ3n) is 3.19. The number of nitrogens with one attached hydrogen (secondary N) is 1. The number of fused-ring (bicyclic) bond motifs is 1. The van der Waals surface area contributed by atoms with Gasteiger partial charge >= 0.3 is 0 Å². The molecule has 0 spiro atoms. The first-order chi connectivity index (χ1) is 9.29. The zero-order chi connectivity index (χ0) is 13.2. The van der Waals surface area contributed by atoms with Crippen molar-refractivity contribution >= 4 is 10.9 Å². The van der Waals surface area contributed by atoms with Gasteiger partial charge in [0, 0.05) is 22.7 Å². The molecule has 94 valence electrons. The predicted octanol–water partition coefficient (Wildman–Crippen LogP) is 3.20. The molecular formula is C16H13NO2. The van der Waals surface area contributed by atoms with Crippen LogP contribution in [0.2, 0.25) is 0 Å². The molecule has 0 aliphatic rings. The van der Waals surface area contributed by atoms with Crippen LogP contribution in [0.15, 0.2) is 59.5 Å². The van der Waals surface area contributed by atoms with Gasteiger partial charge in [-0.1, -0.05) is 24.3 Å². The van der Waals surface area contributed by atoms with Crippen molar-refractivity contribution in [2.45, 2.75) is 0 Å². The molecule has 0 atom stereocenters. The van der Waals surface area contributed by atoms with Gasteiger partial charge in [0.25, 0.3) is 0 Å². The van der Waals surface area contributed by atoms with Crippen LogP contribution < -0.4 is 10.2 Å². The maximum absolute atomic E-state index is 12.4. The van der Waals surface area contributed by atoms with Gasteiger partial charge < -0.3 is 9.72 Å². The van der Waals surface area contributed by atoms with Gasteiger partial charge in [0.15, 0.2) is 5.43 Å². The lowest BCUT2D eigenvalue weighted by Crippen LogP contribution is -2.06. The van der Waals surface area contributed by atoms with Crippen LogP contribution in [-0.2, 0) is 0 Å². The fraction of sp³-hybridized carbons (Fsp3) is 0.0625. The van der Waals surface area contributed by atoms with Crippen molar-refractivity contribution in [1.29, 1.82) is 0 Å². The standard InChI is InChI=1S/C16H13NO2/c1-19-12-8-6-11(7-9-12)14-10-17-15-5-3-2-4-13(15)16(14)18/h2-10H,1H3,(H,17,18). The molecule has 3 nitrogen and oxygen atoms in total. The van der Waals surface area contributed by atoms with E-state index >= 15 is 0 Å². The van der Waals surface area contributed by atoms with Crippen LogP contribution in [0.4, 0.5) is 0 Å². The second-order valence-electron chi connectivity index (χ2n) is 4.31. The number of ether oxygens (including phenoxy) is 1. The average molecular weight is 251 g/mol. The molecule has 3 aromatic rings. The summed E-state index contributed by atoms with van der Waals surface area (Å²) < 4.78 is 5.12. The van der Waals surface area contributed by atoms with E-state index in [1.807, 2.05) is 48.5 Å². The van der Waals surface area contributed by atoms with E-state index in [1.165, 1.54) is 0 Å². The fourth-order valence-electron chi connectivity index (χ4n) is 2.15. The summed E-state index contributed by atoms with van der Waals surface area (Å²) in [7, 11) is 1.62. The Balaban J connectivity index is 2.19. The van der Waals surface area contributed by atoms with E-state index in [-0.39, 0.29) is 5.43 Å². The lowest BCUT2D eigenvalue weighted by Gasteiger charge is -2.05. The molecule has 19 heavy (non-hydrogen) atoms. The molecule has 0 fully saturated rings. The van der Waals surface area contributed by atoms with Crippen molar-refractivity contribution in [3.05, 3.63) is 65.0 Å². The second-order valence-corrected chi connectivity index (χ2v) is 4.31. The molecule has 1 N–H and O–H groups in total. The summed E-state index contributed by atoms with van der Waals surface area (Å²) >= 11 is 0. The number of hydrogen-bond acceptors (Lipinski definition) is 2. The number of benzene rings is 2. The summed E-state index contributed by atoms with van der Waals surface area (Å²) in [5.41, 5.74) is 2.44. The van der Waals surface area contributed by atoms with Crippen molar-refractivity contribution in [2.24, 2.45) is 0 Å². The van der Waals surface area contributed by atoms with E-state index < -0.39 is 0 Å². The Hall–Kier alpha value is -2.55. The highest BCUT2D eigenvalue weighted by Crippen LogP contribution is 2.20. The SMILES string of the molecule is COc1ccc(-c2c[nH]c3ccccc3c2=O)cc1. The summed E-state index contributed by atoms with van der Waals surface area (Å²) in [6.45, 7) is 0. The normalized spacial score (nSPS) is 10.6. The van der Waals surface area contributed by atoms with Crippen LogP contribution in [0.1, 0.15) is 0 Å². The number of rotatable bonds is 2. The summed E-state index contributed by atoms with van der Waals surface area (Å²) in [5, 5.41) is 0.704. The smallest absolute Gasteiger partial charge is 0.197 e. The highest BCUT2D eigenvalue weighted by molar-refractivity contribution is 5.83.